The molecular formula is C28H24Cl2N6. The van der Waals surface area contributed by atoms with Gasteiger partial charge in [-0.15, -0.1) is 0 Å². The number of hydrogen-bond donors (Lipinski definition) is 0. The van der Waals surface area contributed by atoms with Gasteiger partial charge in [-0.05, 0) is 47.5 Å². The van der Waals surface area contributed by atoms with Crippen molar-refractivity contribution in [3.63, 3.8) is 0 Å². The molecule has 3 heterocycles. The van der Waals surface area contributed by atoms with Crippen molar-refractivity contribution >= 4 is 40.2 Å². The van der Waals surface area contributed by atoms with Gasteiger partial charge in [0.05, 0.1) is 6.04 Å². The molecule has 0 aliphatic carbocycles. The van der Waals surface area contributed by atoms with E-state index >= 15 is 0 Å². The van der Waals surface area contributed by atoms with E-state index in [0.717, 1.165) is 53.9 Å². The average Bonchev–Trinajstić information content (AvgIpc) is 3.36. The van der Waals surface area contributed by atoms with Crippen molar-refractivity contribution in [2.24, 2.45) is 0 Å². The lowest BCUT2D eigenvalue weighted by molar-refractivity contribution is 0.212. The van der Waals surface area contributed by atoms with Crippen LogP contribution in [0.1, 0.15) is 17.2 Å². The second kappa shape index (κ2) is 9.90. The molecule has 0 radical (unpaired) electrons. The molecule has 0 N–H and O–H groups in total. The minimum Gasteiger partial charge on any atom is -0.352 e. The van der Waals surface area contributed by atoms with E-state index in [9.17, 15) is 0 Å². The first-order chi connectivity index (χ1) is 17.7. The highest BCUT2D eigenvalue weighted by molar-refractivity contribution is 6.30. The molecule has 0 saturated carbocycles. The van der Waals surface area contributed by atoms with Gasteiger partial charge < -0.3 is 4.90 Å². The summed E-state index contributed by atoms with van der Waals surface area (Å²) in [7, 11) is 0. The molecule has 1 aliphatic heterocycles. The normalized spacial score (nSPS) is 15.3. The molecule has 8 heteroatoms. The van der Waals surface area contributed by atoms with E-state index in [4.69, 9.17) is 23.2 Å². The predicted molar refractivity (Wildman–Crippen MR) is 145 cm³/mol. The first-order valence-corrected chi connectivity index (χ1v) is 12.7. The van der Waals surface area contributed by atoms with Crippen molar-refractivity contribution in [2.45, 2.75) is 6.04 Å². The molecule has 0 spiro atoms. The van der Waals surface area contributed by atoms with Gasteiger partial charge in [0.15, 0.2) is 17.0 Å². The zero-order valence-corrected chi connectivity index (χ0v) is 21.0. The molecule has 0 amide bonds. The molecule has 0 bridgehead atoms. The summed E-state index contributed by atoms with van der Waals surface area (Å²) in [6.07, 6.45) is 3.42. The molecule has 6 rings (SSSR count). The first kappa shape index (κ1) is 23.0. The van der Waals surface area contributed by atoms with E-state index in [1.165, 1.54) is 11.1 Å². The summed E-state index contributed by atoms with van der Waals surface area (Å²) in [5.41, 5.74) is 5.07. The van der Waals surface area contributed by atoms with Crippen LogP contribution in [0.15, 0.2) is 91.5 Å². The van der Waals surface area contributed by atoms with Crippen LogP contribution in [0.25, 0.3) is 16.9 Å². The van der Waals surface area contributed by atoms with Gasteiger partial charge in [0.1, 0.15) is 12.7 Å². The number of nitrogens with zero attached hydrogens (tertiary/aromatic N) is 6. The van der Waals surface area contributed by atoms with E-state index in [0.29, 0.717) is 5.02 Å². The fraction of sp³-hybridized carbons (Fsp3) is 0.179. The number of rotatable bonds is 5. The highest BCUT2D eigenvalue weighted by Crippen LogP contribution is 2.32. The third-order valence-corrected chi connectivity index (χ3v) is 7.20. The number of halogens is 2. The van der Waals surface area contributed by atoms with Crippen LogP contribution in [-0.4, -0.2) is 50.6 Å². The Morgan fingerprint density at radius 2 is 1.31 bits per heavy atom. The Morgan fingerprint density at radius 3 is 2.00 bits per heavy atom. The first-order valence-electron chi connectivity index (χ1n) is 11.9. The second-order valence-corrected chi connectivity index (χ2v) is 9.72. The van der Waals surface area contributed by atoms with Crippen LogP contribution in [0.5, 0.6) is 0 Å². The Morgan fingerprint density at radius 1 is 0.667 bits per heavy atom. The highest BCUT2D eigenvalue weighted by Gasteiger charge is 2.28. The van der Waals surface area contributed by atoms with Crippen molar-refractivity contribution in [3.05, 3.63) is 113 Å². The maximum absolute atomic E-state index is 6.18. The lowest BCUT2D eigenvalue weighted by Crippen LogP contribution is -2.48. The predicted octanol–water partition coefficient (Wildman–Crippen LogP) is 6.03. The zero-order chi connectivity index (χ0) is 24.5. The number of anilines is 1. The van der Waals surface area contributed by atoms with Crippen molar-refractivity contribution in [1.29, 1.82) is 0 Å². The maximum atomic E-state index is 6.18. The second-order valence-electron chi connectivity index (χ2n) is 8.85. The standard InChI is InChI=1S/C28H24Cl2N6/c29-22-8-6-21(7-9-22)26(20-4-2-1-3-5-20)34-14-16-35(17-15-34)27-25-28(32-18-31-27)36(19-33-25)24-12-10-23(30)11-13-24/h1-13,18-19,26H,14-17H2. The van der Waals surface area contributed by atoms with Crippen molar-refractivity contribution in [2.75, 3.05) is 31.1 Å². The van der Waals surface area contributed by atoms with Gasteiger partial charge in [-0.3, -0.25) is 9.47 Å². The van der Waals surface area contributed by atoms with Crippen molar-refractivity contribution < 1.29 is 0 Å². The molecule has 180 valence electrons. The number of fused-ring (bicyclic) bond motifs is 1. The maximum Gasteiger partial charge on any atom is 0.170 e. The Balaban J connectivity index is 1.26. The molecule has 6 nitrogen and oxygen atoms in total. The van der Waals surface area contributed by atoms with E-state index < -0.39 is 0 Å². The lowest BCUT2D eigenvalue weighted by atomic mass is 9.96. The van der Waals surface area contributed by atoms with Crippen molar-refractivity contribution in [1.82, 2.24) is 24.4 Å². The summed E-state index contributed by atoms with van der Waals surface area (Å²) in [5, 5.41) is 1.45. The summed E-state index contributed by atoms with van der Waals surface area (Å²) in [6.45, 7) is 3.48. The Hall–Kier alpha value is -3.45. The average molecular weight is 515 g/mol. The molecule has 1 saturated heterocycles. The Bertz CT molecular complexity index is 1460. The van der Waals surface area contributed by atoms with Gasteiger partial charge in [-0.2, -0.15) is 0 Å². The van der Waals surface area contributed by atoms with E-state index in [2.05, 4.69) is 67.2 Å². The highest BCUT2D eigenvalue weighted by atomic mass is 35.5. The summed E-state index contributed by atoms with van der Waals surface area (Å²) in [5.74, 6) is 0.870. The van der Waals surface area contributed by atoms with Crippen LogP contribution >= 0.6 is 23.2 Å². The fourth-order valence-electron chi connectivity index (χ4n) is 4.93. The molecule has 5 aromatic rings. The third-order valence-electron chi connectivity index (χ3n) is 6.70. The number of aromatic nitrogens is 4. The lowest BCUT2D eigenvalue weighted by Gasteiger charge is -2.40. The van der Waals surface area contributed by atoms with Gasteiger partial charge in [-0.25, -0.2) is 15.0 Å². The van der Waals surface area contributed by atoms with E-state index in [-0.39, 0.29) is 6.04 Å². The summed E-state index contributed by atoms with van der Waals surface area (Å²) in [6, 6.07) is 26.7. The minimum atomic E-state index is 0.167. The van der Waals surface area contributed by atoms with E-state index in [1.54, 1.807) is 12.7 Å². The Labute approximate surface area is 219 Å². The van der Waals surface area contributed by atoms with Crippen molar-refractivity contribution in [3.8, 4) is 5.69 Å². The fourth-order valence-corrected chi connectivity index (χ4v) is 5.18. The SMILES string of the molecule is Clc1ccc(C(c2ccccc2)N2CCN(c3ncnc4c3ncn4-c3ccc(Cl)cc3)CC2)cc1. The summed E-state index contributed by atoms with van der Waals surface area (Å²) >= 11 is 12.3. The molecular weight excluding hydrogens is 491 g/mol. The molecule has 1 atom stereocenters. The van der Waals surface area contributed by atoms with Crippen LogP contribution in [0, 0.1) is 0 Å². The van der Waals surface area contributed by atoms with Gasteiger partial charge >= 0.3 is 0 Å². The minimum absolute atomic E-state index is 0.167. The van der Waals surface area contributed by atoms with Crippen LogP contribution in [0.3, 0.4) is 0 Å². The summed E-state index contributed by atoms with van der Waals surface area (Å²) in [4.78, 5) is 18.7. The number of piperazine rings is 1. The number of benzene rings is 3. The third kappa shape index (κ3) is 4.44. The monoisotopic (exact) mass is 514 g/mol. The smallest absolute Gasteiger partial charge is 0.170 e. The van der Waals surface area contributed by atoms with E-state index in [1.807, 2.05) is 41.0 Å². The van der Waals surface area contributed by atoms with Gasteiger partial charge in [0.2, 0.25) is 0 Å². The quantitative estimate of drug-likeness (QED) is 0.286. The van der Waals surface area contributed by atoms with Crippen LogP contribution in [0.4, 0.5) is 5.82 Å². The molecule has 2 aromatic heterocycles. The molecule has 1 fully saturated rings. The van der Waals surface area contributed by atoms with Crippen LogP contribution in [-0.2, 0) is 0 Å². The van der Waals surface area contributed by atoms with Crippen LogP contribution < -0.4 is 4.90 Å². The molecule has 36 heavy (non-hydrogen) atoms. The molecule has 1 aliphatic rings. The van der Waals surface area contributed by atoms with Crippen LogP contribution in [0.2, 0.25) is 10.0 Å². The zero-order valence-electron chi connectivity index (χ0n) is 19.5. The van der Waals surface area contributed by atoms with Gasteiger partial charge in [0, 0.05) is 41.9 Å². The van der Waals surface area contributed by atoms with Gasteiger partial charge in [-0.1, -0.05) is 65.7 Å². The number of hydrogen-bond acceptors (Lipinski definition) is 5. The topological polar surface area (TPSA) is 50.1 Å². The number of imidazole rings is 1. The largest absolute Gasteiger partial charge is 0.352 e. The van der Waals surface area contributed by atoms with Gasteiger partial charge in [0.25, 0.3) is 0 Å². The Kier molecular flexibility index (Phi) is 6.32. The molecule has 1 unspecified atom stereocenters. The molecule has 3 aromatic carbocycles. The summed E-state index contributed by atoms with van der Waals surface area (Å²) < 4.78 is 1.97.